The standard InChI is InChI=1S/C19H22N2O5/c1-5-24-14-7-8-16-15(11-14)12(2)17(26-16)19(23)25-13(3)18(22)21(4)10-6-9-20/h7-8,11,13H,5-6,10H2,1-4H3/t13-/m0/s1. The van der Waals surface area contributed by atoms with E-state index < -0.39 is 12.1 Å². The van der Waals surface area contributed by atoms with Crippen LogP contribution in [0.4, 0.5) is 0 Å². The Morgan fingerprint density at radius 3 is 2.77 bits per heavy atom. The number of carbonyl (C=O) groups is 2. The highest BCUT2D eigenvalue weighted by Gasteiger charge is 2.26. The molecular formula is C19H22N2O5. The van der Waals surface area contributed by atoms with Crippen LogP contribution in [-0.2, 0) is 9.53 Å². The van der Waals surface area contributed by atoms with Crippen molar-refractivity contribution >= 4 is 22.8 Å². The monoisotopic (exact) mass is 358 g/mol. The fourth-order valence-corrected chi connectivity index (χ4v) is 2.55. The Morgan fingerprint density at radius 2 is 2.12 bits per heavy atom. The second-order valence-corrected chi connectivity index (χ2v) is 5.86. The highest BCUT2D eigenvalue weighted by Crippen LogP contribution is 2.29. The number of furan rings is 1. The van der Waals surface area contributed by atoms with Gasteiger partial charge in [-0.3, -0.25) is 4.79 Å². The molecule has 0 N–H and O–H groups in total. The van der Waals surface area contributed by atoms with E-state index in [0.29, 0.717) is 23.5 Å². The third-order valence-corrected chi connectivity index (χ3v) is 3.97. The van der Waals surface area contributed by atoms with Crippen molar-refractivity contribution in [1.82, 2.24) is 4.90 Å². The summed E-state index contributed by atoms with van der Waals surface area (Å²) in [6.45, 7) is 5.95. The third kappa shape index (κ3) is 4.14. The Bertz CT molecular complexity index is 849. The summed E-state index contributed by atoms with van der Waals surface area (Å²) in [7, 11) is 1.56. The van der Waals surface area contributed by atoms with Gasteiger partial charge in [-0.2, -0.15) is 5.26 Å². The van der Waals surface area contributed by atoms with E-state index in [-0.39, 0.29) is 24.6 Å². The van der Waals surface area contributed by atoms with E-state index in [0.717, 1.165) is 5.39 Å². The Morgan fingerprint density at radius 1 is 1.38 bits per heavy atom. The van der Waals surface area contributed by atoms with Crippen molar-refractivity contribution in [3.05, 3.63) is 29.5 Å². The maximum absolute atomic E-state index is 12.4. The first-order valence-electron chi connectivity index (χ1n) is 8.37. The van der Waals surface area contributed by atoms with Crippen LogP contribution >= 0.6 is 0 Å². The Kier molecular flexibility index (Phi) is 6.23. The van der Waals surface area contributed by atoms with Gasteiger partial charge in [-0.25, -0.2) is 4.79 Å². The lowest BCUT2D eigenvalue weighted by molar-refractivity contribution is -0.138. The molecule has 0 fully saturated rings. The first-order valence-corrected chi connectivity index (χ1v) is 8.37. The first-order chi connectivity index (χ1) is 12.4. The minimum atomic E-state index is -0.974. The molecule has 0 aliphatic rings. The zero-order valence-corrected chi connectivity index (χ0v) is 15.4. The summed E-state index contributed by atoms with van der Waals surface area (Å²) < 4.78 is 16.3. The fourth-order valence-electron chi connectivity index (χ4n) is 2.55. The Hall–Kier alpha value is -3.01. The average Bonchev–Trinajstić information content (AvgIpc) is 2.95. The summed E-state index contributed by atoms with van der Waals surface area (Å²) >= 11 is 0. The maximum atomic E-state index is 12.4. The van der Waals surface area contributed by atoms with Gasteiger partial charge in [-0.15, -0.1) is 0 Å². The van der Waals surface area contributed by atoms with E-state index in [1.54, 1.807) is 32.2 Å². The van der Waals surface area contributed by atoms with E-state index in [1.165, 1.54) is 11.8 Å². The van der Waals surface area contributed by atoms with Gasteiger partial charge in [0, 0.05) is 24.5 Å². The topological polar surface area (TPSA) is 92.8 Å². The predicted octanol–water partition coefficient (Wildman–Crippen LogP) is 3.06. The summed E-state index contributed by atoms with van der Waals surface area (Å²) in [5.74, 6) is -0.327. The molecule has 2 aromatic rings. The number of esters is 1. The number of nitriles is 1. The molecule has 0 saturated heterocycles. The van der Waals surface area contributed by atoms with Crippen molar-refractivity contribution in [2.24, 2.45) is 0 Å². The van der Waals surface area contributed by atoms with Crippen molar-refractivity contribution in [3.63, 3.8) is 0 Å². The molecule has 0 unspecified atom stereocenters. The highest BCUT2D eigenvalue weighted by atomic mass is 16.6. The molecule has 0 bridgehead atoms. The molecule has 1 heterocycles. The molecule has 138 valence electrons. The average molecular weight is 358 g/mol. The number of nitrogens with zero attached hydrogens (tertiary/aromatic N) is 2. The van der Waals surface area contributed by atoms with Gasteiger partial charge in [0.05, 0.1) is 19.1 Å². The SMILES string of the molecule is CCOc1ccc2oc(C(=O)O[C@@H](C)C(=O)N(C)CCC#N)c(C)c2c1. The zero-order chi connectivity index (χ0) is 19.3. The van der Waals surface area contributed by atoms with Crippen LogP contribution in [0.15, 0.2) is 22.6 Å². The molecule has 1 atom stereocenters. The van der Waals surface area contributed by atoms with E-state index in [1.807, 2.05) is 13.0 Å². The van der Waals surface area contributed by atoms with E-state index >= 15 is 0 Å². The summed E-state index contributed by atoms with van der Waals surface area (Å²) in [6.07, 6.45) is -0.758. The van der Waals surface area contributed by atoms with Crippen LogP contribution in [0.5, 0.6) is 5.75 Å². The van der Waals surface area contributed by atoms with Crippen molar-refractivity contribution in [2.75, 3.05) is 20.2 Å². The fraction of sp³-hybridized carbons (Fsp3) is 0.421. The zero-order valence-electron chi connectivity index (χ0n) is 15.4. The number of hydrogen-bond donors (Lipinski definition) is 0. The van der Waals surface area contributed by atoms with Crippen molar-refractivity contribution in [3.8, 4) is 11.8 Å². The largest absolute Gasteiger partial charge is 0.494 e. The number of fused-ring (bicyclic) bond motifs is 1. The second-order valence-electron chi connectivity index (χ2n) is 5.86. The molecule has 0 aliphatic carbocycles. The van der Waals surface area contributed by atoms with Gasteiger partial charge in [0.15, 0.2) is 6.10 Å². The van der Waals surface area contributed by atoms with Gasteiger partial charge >= 0.3 is 5.97 Å². The number of aryl methyl sites for hydroxylation is 1. The molecule has 1 aromatic carbocycles. The third-order valence-electron chi connectivity index (χ3n) is 3.97. The van der Waals surface area contributed by atoms with Crippen molar-refractivity contribution in [2.45, 2.75) is 33.3 Å². The molecule has 7 heteroatoms. The summed E-state index contributed by atoms with van der Waals surface area (Å²) in [5.41, 5.74) is 1.17. The summed E-state index contributed by atoms with van der Waals surface area (Å²) in [4.78, 5) is 26.0. The van der Waals surface area contributed by atoms with Crippen LogP contribution < -0.4 is 4.74 Å². The number of carbonyl (C=O) groups excluding carboxylic acids is 2. The number of hydrogen-bond acceptors (Lipinski definition) is 6. The Balaban J connectivity index is 2.15. The van der Waals surface area contributed by atoms with Crippen LogP contribution in [0, 0.1) is 18.3 Å². The molecule has 0 radical (unpaired) electrons. The quantitative estimate of drug-likeness (QED) is 0.706. The van der Waals surface area contributed by atoms with Crippen molar-refractivity contribution < 1.29 is 23.5 Å². The number of amides is 1. The van der Waals surface area contributed by atoms with Gasteiger partial charge < -0.3 is 18.8 Å². The van der Waals surface area contributed by atoms with Crippen molar-refractivity contribution in [1.29, 1.82) is 5.26 Å². The first kappa shape index (κ1) is 19.3. The minimum absolute atomic E-state index is 0.0629. The number of benzene rings is 1. The lowest BCUT2D eigenvalue weighted by Gasteiger charge is -2.20. The van der Waals surface area contributed by atoms with Gasteiger partial charge in [-0.05, 0) is 39.0 Å². The molecule has 0 saturated carbocycles. The lowest BCUT2D eigenvalue weighted by atomic mass is 10.1. The van der Waals surface area contributed by atoms with E-state index in [4.69, 9.17) is 19.2 Å². The highest BCUT2D eigenvalue weighted by molar-refractivity contribution is 5.97. The number of ether oxygens (including phenoxy) is 2. The van der Waals surface area contributed by atoms with Crippen LogP contribution in [-0.4, -0.2) is 43.1 Å². The van der Waals surface area contributed by atoms with Crippen LogP contribution in [0.3, 0.4) is 0 Å². The normalized spacial score (nSPS) is 11.7. The molecule has 26 heavy (non-hydrogen) atoms. The molecule has 2 rings (SSSR count). The molecule has 1 aromatic heterocycles. The summed E-state index contributed by atoms with van der Waals surface area (Å²) in [6, 6.07) is 7.27. The molecule has 0 spiro atoms. The minimum Gasteiger partial charge on any atom is -0.494 e. The maximum Gasteiger partial charge on any atom is 0.375 e. The summed E-state index contributed by atoms with van der Waals surface area (Å²) in [5, 5.41) is 9.35. The van der Waals surface area contributed by atoms with Gasteiger partial charge in [0.1, 0.15) is 11.3 Å². The van der Waals surface area contributed by atoms with Gasteiger partial charge in [-0.1, -0.05) is 0 Å². The molecule has 1 amide bonds. The van der Waals surface area contributed by atoms with Crippen LogP contribution in [0.1, 0.15) is 36.4 Å². The van der Waals surface area contributed by atoms with Crippen LogP contribution in [0.25, 0.3) is 11.0 Å². The molecule has 0 aliphatic heterocycles. The lowest BCUT2D eigenvalue weighted by Crippen LogP contribution is -2.37. The van der Waals surface area contributed by atoms with Gasteiger partial charge in [0.2, 0.25) is 5.76 Å². The number of likely N-dealkylation sites (N-methyl/N-ethyl adjacent to an activating group) is 1. The number of rotatable bonds is 7. The van der Waals surface area contributed by atoms with Crippen LogP contribution in [0.2, 0.25) is 0 Å². The van der Waals surface area contributed by atoms with E-state index in [9.17, 15) is 9.59 Å². The molecule has 7 nitrogen and oxygen atoms in total. The van der Waals surface area contributed by atoms with Gasteiger partial charge in [0.25, 0.3) is 5.91 Å². The smallest absolute Gasteiger partial charge is 0.375 e. The Labute approximate surface area is 152 Å². The predicted molar refractivity (Wildman–Crippen MR) is 94.9 cm³/mol. The van der Waals surface area contributed by atoms with E-state index in [2.05, 4.69) is 0 Å². The molecular weight excluding hydrogens is 336 g/mol. The second kappa shape index (κ2) is 8.39.